The van der Waals surface area contributed by atoms with E-state index in [1.54, 1.807) is 26.0 Å². The third-order valence-corrected chi connectivity index (χ3v) is 3.09. The highest BCUT2D eigenvalue weighted by molar-refractivity contribution is 6.30. The Labute approximate surface area is 124 Å². The van der Waals surface area contributed by atoms with Crippen LogP contribution in [-0.4, -0.2) is 24.5 Å². The van der Waals surface area contributed by atoms with Gasteiger partial charge in [-0.05, 0) is 38.5 Å². The predicted octanol–water partition coefficient (Wildman–Crippen LogP) is 2.22. The molecule has 0 radical (unpaired) electrons. The molecule has 1 aromatic carbocycles. The first-order chi connectivity index (χ1) is 9.43. The monoisotopic (exact) mass is 297 g/mol. The molecule has 1 rings (SSSR count). The molecule has 0 aliphatic heterocycles. The molecule has 20 heavy (non-hydrogen) atoms. The van der Waals surface area contributed by atoms with Crippen molar-refractivity contribution in [2.75, 3.05) is 6.54 Å². The summed E-state index contributed by atoms with van der Waals surface area (Å²) >= 11 is 5.83. The van der Waals surface area contributed by atoms with Gasteiger partial charge < -0.3 is 5.32 Å². The third-order valence-electron chi connectivity index (χ3n) is 2.84. The van der Waals surface area contributed by atoms with Gasteiger partial charge in [0, 0.05) is 17.6 Å². The van der Waals surface area contributed by atoms with Gasteiger partial charge in [0.05, 0.1) is 6.04 Å². The number of hydrogen-bond donors (Lipinski definition) is 3. The predicted molar refractivity (Wildman–Crippen MR) is 79.7 cm³/mol. The van der Waals surface area contributed by atoms with Crippen molar-refractivity contribution in [2.24, 2.45) is 0 Å². The Bertz CT molecular complexity index is 462. The summed E-state index contributed by atoms with van der Waals surface area (Å²) in [5, 5.41) is 8.58. The number of halogens is 1. The second-order valence-corrected chi connectivity index (χ2v) is 4.95. The van der Waals surface area contributed by atoms with Crippen LogP contribution in [0.5, 0.6) is 0 Å². The van der Waals surface area contributed by atoms with Gasteiger partial charge >= 0.3 is 6.03 Å². The van der Waals surface area contributed by atoms with Gasteiger partial charge in [0.1, 0.15) is 0 Å². The fraction of sp³-hybridized carbons (Fsp3) is 0.429. The first-order valence-electron chi connectivity index (χ1n) is 6.54. The number of carbonyl (C=O) groups is 2. The van der Waals surface area contributed by atoms with E-state index in [-0.39, 0.29) is 11.9 Å². The summed E-state index contributed by atoms with van der Waals surface area (Å²) < 4.78 is 0. The van der Waals surface area contributed by atoms with Crippen molar-refractivity contribution in [3.8, 4) is 0 Å². The maximum Gasteiger partial charge on any atom is 0.321 e. The van der Waals surface area contributed by atoms with E-state index < -0.39 is 12.1 Å². The molecule has 0 spiro atoms. The van der Waals surface area contributed by atoms with Crippen molar-refractivity contribution < 1.29 is 9.59 Å². The lowest BCUT2D eigenvalue weighted by Crippen LogP contribution is -2.48. The van der Waals surface area contributed by atoms with Crippen LogP contribution in [0.25, 0.3) is 0 Å². The molecule has 1 unspecified atom stereocenters. The average molecular weight is 298 g/mol. The minimum absolute atomic E-state index is 0.0257. The topological polar surface area (TPSA) is 70.2 Å². The number of urea groups is 1. The molecule has 0 aromatic heterocycles. The average Bonchev–Trinajstić information content (AvgIpc) is 2.39. The molecule has 3 amide bonds. The van der Waals surface area contributed by atoms with Crippen molar-refractivity contribution >= 4 is 23.5 Å². The molecule has 5 nitrogen and oxygen atoms in total. The summed E-state index contributed by atoms with van der Waals surface area (Å²) in [6, 6.07) is 6.40. The van der Waals surface area contributed by atoms with Crippen LogP contribution in [0.2, 0.25) is 5.02 Å². The number of carbonyl (C=O) groups excluding carboxylic acids is 2. The highest BCUT2D eigenvalue weighted by Gasteiger charge is 2.17. The summed E-state index contributed by atoms with van der Waals surface area (Å²) in [6.45, 7) is 5.91. The lowest BCUT2D eigenvalue weighted by atomic mass is 10.1. The van der Waals surface area contributed by atoms with Crippen molar-refractivity contribution in [3.63, 3.8) is 0 Å². The molecule has 0 bridgehead atoms. The van der Waals surface area contributed by atoms with Crippen LogP contribution in [0, 0.1) is 0 Å². The Kier molecular flexibility index (Phi) is 6.48. The van der Waals surface area contributed by atoms with Crippen LogP contribution in [-0.2, 0) is 4.79 Å². The van der Waals surface area contributed by atoms with Gasteiger partial charge in [-0.3, -0.25) is 15.4 Å². The molecule has 3 N–H and O–H groups in total. The number of nitrogens with one attached hydrogen (secondary N) is 3. The fourth-order valence-corrected chi connectivity index (χ4v) is 1.85. The van der Waals surface area contributed by atoms with Crippen LogP contribution in [0.4, 0.5) is 4.79 Å². The van der Waals surface area contributed by atoms with Crippen LogP contribution in [0.1, 0.15) is 32.4 Å². The zero-order valence-corrected chi connectivity index (χ0v) is 12.6. The Morgan fingerprint density at radius 2 is 1.80 bits per heavy atom. The molecule has 2 atom stereocenters. The van der Waals surface area contributed by atoms with Crippen molar-refractivity contribution in [3.05, 3.63) is 34.9 Å². The van der Waals surface area contributed by atoms with Crippen LogP contribution >= 0.6 is 11.6 Å². The highest BCUT2D eigenvalue weighted by atomic mass is 35.5. The lowest BCUT2D eigenvalue weighted by Gasteiger charge is -2.19. The van der Waals surface area contributed by atoms with E-state index in [0.717, 1.165) is 5.56 Å². The zero-order valence-electron chi connectivity index (χ0n) is 11.9. The van der Waals surface area contributed by atoms with Crippen LogP contribution < -0.4 is 16.0 Å². The number of hydrogen-bond acceptors (Lipinski definition) is 3. The van der Waals surface area contributed by atoms with Gasteiger partial charge in [-0.1, -0.05) is 23.7 Å². The minimum Gasteiger partial charge on any atom is -0.338 e. The summed E-state index contributed by atoms with van der Waals surface area (Å²) in [4.78, 5) is 23.1. The molecule has 110 valence electrons. The fourth-order valence-electron chi connectivity index (χ4n) is 1.72. The molecule has 6 heteroatoms. The van der Waals surface area contributed by atoms with Gasteiger partial charge in [-0.2, -0.15) is 0 Å². The largest absolute Gasteiger partial charge is 0.338 e. The second-order valence-electron chi connectivity index (χ2n) is 4.51. The molecule has 0 aliphatic rings. The number of imide groups is 1. The molecular formula is C14H20ClN3O2. The summed E-state index contributed by atoms with van der Waals surface area (Å²) in [6.07, 6.45) is 0. The molecule has 1 aromatic rings. The molecular weight excluding hydrogens is 278 g/mol. The third kappa shape index (κ3) is 5.19. The molecule has 0 fully saturated rings. The van der Waals surface area contributed by atoms with E-state index in [2.05, 4.69) is 16.0 Å². The van der Waals surface area contributed by atoms with Crippen molar-refractivity contribution in [1.29, 1.82) is 0 Å². The maximum absolute atomic E-state index is 11.8. The van der Waals surface area contributed by atoms with Crippen molar-refractivity contribution in [1.82, 2.24) is 16.0 Å². The van der Waals surface area contributed by atoms with Crippen LogP contribution in [0.15, 0.2) is 24.3 Å². The summed E-state index contributed by atoms with van der Waals surface area (Å²) in [7, 11) is 0. The van der Waals surface area contributed by atoms with E-state index in [9.17, 15) is 9.59 Å². The number of rotatable bonds is 5. The Morgan fingerprint density at radius 1 is 1.20 bits per heavy atom. The second kappa shape index (κ2) is 7.87. The highest BCUT2D eigenvalue weighted by Crippen LogP contribution is 2.16. The standard InChI is InChI=1S/C14H20ClN3O2/c1-4-16-14(20)18-13(19)10(3)17-9(2)11-5-7-12(15)8-6-11/h5-10,17H,4H2,1-3H3,(H2,16,18,19,20)/t9-,10?/m0/s1. The molecule has 0 saturated carbocycles. The van der Waals surface area contributed by atoms with Gasteiger partial charge in [-0.25, -0.2) is 4.79 Å². The SMILES string of the molecule is CCNC(=O)NC(=O)C(C)N[C@@H](C)c1ccc(Cl)cc1. The maximum atomic E-state index is 11.8. The van der Waals surface area contributed by atoms with Crippen molar-refractivity contribution in [2.45, 2.75) is 32.9 Å². The minimum atomic E-state index is -0.483. The smallest absolute Gasteiger partial charge is 0.321 e. The van der Waals surface area contributed by atoms with E-state index in [1.165, 1.54) is 0 Å². The first-order valence-corrected chi connectivity index (χ1v) is 6.92. The lowest BCUT2D eigenvalue weighted by molar-refractivity contribution is -0.121. The Hall–Kier alpha value is -1.59. The Balaban J connectivity index is 2.52. The summed E-state index contributed by atoms with van der Waals surface area (Å²) in [5.41, 5.74) is 1.02. The number of amides is 3. The van der Waals surface area contributed by atoms with Gasteiger partial charge in [0.2, 0.25) is 5.91 Å². The molecule has 0 aliphatic carbocycles. The molecule has 0 heterocycles. The Morgan fingerprint density at radius 3 is 2.35 bits per heavy atom. The normalized spacial score (nSPS) is 13.4. The van der Waals surface area contributed by atoms with E-state index in [4.69, 9.17) is 11.6 Å². The zero-order chi connectivity index (χ0) is 15.1. The van der Waals surface area contributed by atoms with E-state index in [1.807, 2.05) is 19.1 Å². The quantitative estimate of drug-likeness (QED) is 0.780. The van der Waals surface area contributed by atoms with Gasteiger partial charge in [0.25, 0.3) is 0 Å². The number of benzene rings is 1. The first kappa shape index (κ1) is 16.5. The van der Waals surface area contributed by atoms with Crippen LogP contribution in [0.3, 0.4) is 0 Å². The summed E-state index contributed by atoms with van der Waals surface area (Å²) in [5.74, 6) is -0.364. The van der Waals surface area contributed by atoms with Gasteiger partial charge in [-0.15, -0.1) is 0 Å². The van der Waals surface area contributed by atoms with E-state index in [0.29, 0.717) is 11.6 Å². The molecule has 0 saturated heterocycles. The van der Waals surface area contributed by atoms with E-state index >= 15 is 0 Å². The van der Waals surface area contributed by atoms with Gasteiger partial charge in [0.15, 0.2) is 0 Å².